The Morgan fingerprint density at radius 1 is 1.50 bits per heavy atom. The molecule has 1 aliphatic heterocycles. The molecule has 0 aliphatic carbocycles. The SMILES string of the molecule is C[C@]1(C(=O)OCc2ccccc2)CO1. The van der Waals surface area contributed by atoms with Gasteiger partial charge in [0.2, 0.25) is 0 Å². The third-order valence-electron chi connectivity index (χ3n) is 2.22. The Morgan fingerprint density at radius 3 is 2.71 bits per heavy atom. The predicted octanol–water partition coefficient (Wildman–Crippen LogP) is 1.52. The number of epoxide rings is 1. The summed E-state index contributed by atoms with van der Waals surface area (Å²) in [6, 6.07) is 9.60. The third-order valence-corrected chi connectivity index (χ3v) is 2.22. The highest BCUT2D eigenvalue weighted by Crippen LogP contribution is 2.27. The first kappa shape index (κ1) is 9.21. The molecule has 0 amide bonds. The van der Waals surface area contributed by atoms with E-state index in [4.69, 9.17) is 9.47 Å². The second-order valence-electron chi connectivity index (χ2n) is 3.58. The van der Waals surface area contributed by atoms with Crippen LogP contribution in [0.1, 0.15) is 12.5 Å². The molecule has 14 heavy (non-hydrogen) atoms. The highest BCUT2D eigenvalue weighted by Gasteiger charge is 2.48. The maximum atomic E-state index is 11.4. The van der Waals surface area contributed by atoms with E-state index in [2.05, 4.69) is 0 Å². The fraction of sp³-hybridized carbons (Fsp3) is 0.364. The van der Waals surface area contributed by atoms with Gasteiger partial charge in [-0.1, -0.05) is 30.3 Å². The summed E-state index contributed by atoms with van der Waals surface area (Å²) in [4.78, 5) is 11.4. The average molecular weight is 192 g/mol. The minimum Gasteiger partial charge on any atom is -0.459 e. The van der Waals surface area contributed by atoms with E-state index in [-0.39, 0.29) is 5.97 Å². The Hall–Kier alpha value is -1.35. The fourth-order valence-corrected chi connectivity index (χ4v) is 1.10. The van der Waals surface area contributed by atoms with E-state index in [9.17, 15) is 4.79 Å². The summed E-state index contributed by atoms with van der Waals surface area (Å²) in [5.41, 5.74) is 0.319. The summed E-state index contributed by atoms with van der Waals surface area (Å²) in [6.45, 7) is 2.53. The zero-order valence-corrected chi connectivity index (χ0v) is 8.03. The van der Waals surface area contributed by atoms with Crippen LogP contribution >= 0.6 is 0 Å². The first-order chi connectivity index (χ1) is 6.71. The number of ether oxygens (including phenoxy) is 2. The van der Waals surface area contributed by atoms with Crippen molar-refractivity contribution >= 4 is 5.97 Å². The van der Waals surface area contributed by atoms with E-state index in [0.29, 0.717) is 13.2 Å². The largest absolute Gasteiger partial charge is 0.459 e. The van der Waals surface area contributed by atoms with Crippen LogP contribution in [0.3, 0.4) is 0 Å². The van der Waals surface area contributed by atoms with Gasteiger partial charge in [-0.3, -0.25) is 0 Å². The van der Waals surface area contributed by atoms with Crippen molar-refractivity contribution < 1.29 is 14.3 Å². The third kappa shape index (κ3) is 1.93. The Balaban J connectivity index is 1.86. The lowest BCUT2D eigenvalue weighted by Crippen LogP contribution is -2.22. The van der Waals surface area contributed by atoms with Crippen LogP contribution in [0.15, 0.2) is 30.3 Å². The molecule has 0 spiro atoms. The van der Waals surface area contributed by atoms with E-state index in [1.54, 1.807) is 6.92 Å². The topological polar surface area (TPSA) is 38.8 Å². The summed E-state index contributed by atoms with van der Waals surface area (Å²) in [5.74, 6) is -0.277. The molecule has 1 saturated heterocycles. The van der Waals surface area contributed by atoms with Crippen molar-refractivity contribution in [3.8, 4) is 0 Å². The van der Waals surface area contributed by atoms with Gasteiger partial charge in [-0.05, 0) is 12.5 Å². The van der Waals surface area contributed by atoms with Gasteiger partial charge in [0.05, 0.1) is 6.61 Å². The van der Waals surface area contributed by atoms with Gasteiger partial charge in [0, 0.05) is 0 Å². The van der Waals surface area contributed by atoms with Gasteiger partial charge in [0.25, 0.3) is 0 Å². The van der Waals surface area contributed by atoms with E-state index in [0.717, 1.165) is 5.56 Å². The van der Waals surface area contributed by atoms with Crippen LogP contribution in [0.4, 0.5) is 0 Å². The maximum Gasteiger partial charge on any atom is 0.340 e. The van der Waals surface area contributed by atoms with E-state index in [1.807, 2.05) is 30.3 Å². The Morgan fingerprint density at radius 2 is 2.14 bits per heavy atom. The van der Waals surface area contributed by atoms with E-state index < -0.39 is 5.60 Å². The zero-order chi connectivity index (χ0) is 10.0. The molecule has 0 N–H and O–H groups in total. The minimum atomic E-state index is -0.672. The lowest BCUT2D eigenvalue weighted by atomic mass is 10.2. The minimum absolute atomic E-state index is 0.277. The van der Waals surface area contributed by atoms with Crippen molar-refractivity contribution in [2.75, 3.05) is 6.61 Å². The van der Waals surface area contributed by atoms with Crippen LogP contribution in [0.5, 0.6) is 0 Å². The monoisotopic (exact) mass is 192 g/mol. The van der Waals surface area contributed by atoms with Crippen LogP contribution in [-0.4, -0.2) is 18.2 Å². The standard InChI is InChI=1S/C11H12O3/c1-11(8-14-11)10(12)13-7-9-5-3-2-4-6-9/h2-6H,7-8H2,1H3/t11-/m1/s1. The number of hydrogen-bond acceptors (Lipinski definition) is 3. The number of carbonyl (C=O) groups is 1. The van der Waals surface area contributed by atoms with Crippen LogP contribution < -0.4 is 0 Å². The molecule has 3 nitrogen and oxygen atoms in total. The van der Waals surface area contributed by atoms with Crippen molar-refractivity contribution in [2.45, 2.75) is 19.1 Å². The molecule has 1 aliphatic rings. The summed E-state index contributed by atoms with van der Waals surface area (Å²) in [6.07, 6.45) is 0. The molecule has 74 valence electrons. The Kier molecular flexibility index (Phi) is 2.25. The number of benzene rings is 1. The van der Waals surface area contributed by atoms with Crippen molar-refractivity contribution in [2.24, 2.45) is 0 Å². The van der Waals surface area contributed by atoms with Gasteiger partial charge in [-0.25, -0.2) is 4.79 Å². The molecule has 2 rings (SSSR count). The van der Waals surface area contributed by atoms with Crippen LogP contribution in [0.2, 0.25) is 0 Å². The highest BCUT2D eigenvalue weighted by molar-refractivity contribution is 5.81. The molecule has 1 heterocycles. The maximum absolute atomic E-state index is 11.4. The van der Waals surface area contributed by atoms with Gasteiger partial charge in [-0.15, -0.1) is 0 Å². The lowest BCUT2D eigenvalue weighted by molar-refractivity contribution is -0.150. The van der Waals surface area contributed by atoms with E-state index >= 15 is 0 Å². The highest BCUT2D eigenvalue weighted by atomic mass is 16.6. The van der Waals surface area contributed by atoms with Gasteiger partial charge in [0.15, 0.2) is 5.60 Å². The predicted molar refractivity (Wildman–Crippen MR) is 50.6 cm³/mol. The summed E-state index contributed by atoms with van der Waals surface area (Å²) in [5, 5.41) is 0. The molecule has 3 heteroatoms. The summed E-state index contributed by atoms with van der Waals surface area (Å²) >= 11 is 0. The molecule has 0 unspecified atom stereocenters. The van der Waals surface area contributed by atoms with Crippen molar-refractivity contribution in [1.82, 2.24) is 0 Å². The zero-order valence-electron chi connectivity index (χ0n) is 8.03. The number of esters is 1. The van der Waals surface area contributed by atoms with Gasteiger partial charge >= 0.3 is 5.97 Å². The van der Waals surface area contributed by atoms with Crippen LogP contribution in [0.25, 0.3) is 0 Å². The van der Waals surface area contributed by atoms with Crippen LogP contribution in [0, 0.1) is 0 Å². The normalized spacial score (nSPS) is 24.4. The fourth-order valence-electron chi connectivity index (χ4n) is 1.10. The lowest BCUT2D eigenvalue weighted by Gasteiger charge is -2.06. The second-order valence-corrected chi connectivity index (χ2v) is 3.58. The number of carbonyl (C=O) groups excluding carboxylic acids is 1. The molecule has 0 bridgehead atoms. The van der Waals surface area contributed by atoms with Gasteiger partial charge < -0.3 is 9.47 Å². The number of rotatable bonds is 3. The molecular weight excluding hydrogens is 180 g/mol. The molecule has 1 fully saturated rings. The molecule has 1 aromatic rings. The Bertz CT molecular complexity index is 328. The Labute approximate surface area is 82.6 Å². The van der Waals surface area contributed by atoms with Crippen molar-refractivity contribution in [3.63, 3.8) is 0 Å². The van der Waals surface area contributed by atoms with Gasteiger partial charge in [0.1, 0.15) is 6.61 Å². The molecular formula is C11H12O3. The van der Waals surface area contributed by atoms with Gasteiger partial charge in [-0.2, -0.15) is 0 Å². The number of hydrogen-bond donors (Lipinski definition) is 0. The van der Waals surface area contributed by atoms with E-state index in [1.165, 1.54) is 0 Å². The molecule has 1 atom stereocenters. The molecule has 0 aromatic heterocycles. The molecule has 1 aromatic carbocycles. The van der Waals surface area contributed by atoms with Crippen molar-refractivity contribution in [3.05, 3.63) is 35.9 Å². The first-order valence-corrected chi connectivity index (χ1v) is 4.56. The van der Waals surface area contributed by atoms with Crippen LogP contribution in [-0.2, 0) is 20.9 Å². The summed E-state index contributed by atoms with van der Waals surface area (Å²) < 4.78 is 10.1. The second kappa shape index (κ2) is 3.42. The smallest absolute Gasteiger partial charge is 0.340 e. The molecule has 0 radical (unpaired) electrons. The summed E-state index contributed by atoms with van der Waals surface area (Å²) in [7, 11) is 0. The average Bonchev–Trinajstić information content (AvgIpc) is 2.96. The van der Waals surface area contributed by atoms with Crippen molar-refractivity contribution in [1.29, 1.82) is 0 Å². The first-order valence-electron chi connectivity index (χ1n) is 4.56. The molecule has 0 saturated carbocycles. The quantitative estimate of drug-likeness (QED) is 0.538.